The molecule has 94 valence electrons. The van der Waals surface area contributed by atoms with E-state index >= 15 is 0 Å². The van der Waals surface area contributed by atoms with Crippen LogP contribution in [-0.4, -0.2) is 10.8 Å². The number of ketones is 1. The minimum Gasteiger partial charge on any atom is -0.293 e. The summed E-state index contributed by atoms with van der Waals surface area (Å²) in [4.78, 5) is 18.5. The van der Waals surface area contributed by atoms with Crippen molar-refractivity contribution in [1.82, 2.24) is 4.98 Å². The molecule has 0 saturated heterocycles. The smallest absolute Gasteiger partial charge is 0.178 e. The number of Topliss-reactive ketones (excluding diaryl/α,β-unsaturated/α-hetero) is 1. The van der Waals surface area contributed by atoms with Crippen molar-refractivity contribution >= 4 is 17.1 Å². The maximum atomic E-state index is 12.1. The van der Waals surface area contributed by atoms with Gasteiger partial charge in [-0.3, -0.25) is 9.78 Å². The van der Waals surface area contributed by atoms with Gasteiger partial charge in [0.2, 0.25) is 0 Å². The molecule has 2 aromatic rings. The number of nitrogens with zero attached hydrogens (tertiary/aromatic N) is 1. The first kappa shape index (κ1) is 13.0. The van der Waals surface area contributed by atoms with Gasteiger partial charge in [0, 0.05) is 16.8 Å². The quantitative estimate of drug-likeness (QED) is 0.766. The highest BCUT2D eigenvalue weighted by Gasteiger charge is 2.10. The average molecular weight is 259 g/mol. The topological polar surface area (TPSA) is 30.0 Å². The highest BCUT2D eigenvalue weighted by molar-refractivity contribution is 7.14. The molecule has 0 aliphatic rings. The van der Waals surface area contributed by atoms with Crippen LogP contribution in [0.4, 0.5) is 0 Å². The van der Waals surface area contributed by atoms with Gasteiger partial charge in [0.15, 0.2) is 5.78 Å². The Balaban J connectivity index is 2.06. The maximum absolute atomic E-state index is 12.1. The third-order valence-corrected chi connectivity index (χ3v) is 4.19. The zero-order chi connectivity index (χ0) is 13.0. The molecule has 0 aliphatic heterocycles. The fraction of sp³-hybridized carbons (Fsp3) is 0.333. The molecular weight excluding hydrogens is 242 g/mol. The summed E-state index contributed by atoms with van der Waals surface area (Å²) in [6.45, 7) is 4.20. The molecule has 0 bridgehead atoms. The third kappa shape index (κ3) is 3.05. The van der Waals surface area contributed by atoms with Crippen molar-refractivity contribution in [1.29, 1.82) is 0 Å². The Hall–Kier alpha value is -1.48. The molecule has 0 radical (unpaired) electrons. The van der Waals surface area contributed by atoms with Crippen molar-refractivity contribution in [3.63, 3.8) is 0 Å². The van der Waals surface area contributed by atoms with E-state index in [1.807, 2.05) is 30.5 Å². The van der Waals surface area contributed by atoms with Gasteiger partial charge in [-0.1, -0.05) is 19.9 Å². The first-order chi connectivity index (χ1) is 8.72. The molecule has 2 aromatic heterocycles. The van der Waals surface area contributed by atoms with Gasteiger partial charge in [-0.05, 0) is 36.6 Å². The molecule has 0 aliphatic carbocycles. The van der Waals surface area contributed by atoms with Crippen molar-refractivity contribution in [3.05, 3.63) is 51.5 Å². The first-order valence-corrected chi connectivity index (χ1v) is 7.10. The van der Waals surface area contributed by atoms with E-state index in [4.69, 9.17) is 0 Å². The van der Waals surface area contributed by atoms with Crippen molar-refractivity contribution in [3.8, 4) is 0 Å². The number of hydrogen-bond acceptors (Lipinski definition) is 3. The summed E-state index contributed by atoms with van der Waals surface area (Å²) in [5.41, 5.74) is 2.05. The van der Waals surface area contributed by atoms with Crippen LogP contribution < -0.4 is 0 Å². The van der Waals surface area contributed by atoms with Crippen LogP contribution in [0, 0.1) is 0 Å². The van der Waals surface area contributed by atoms with Gasteiger partial charge >= 0.3 is 0 Å². The summed E-state index contributed by atoms with van der Waals surface area (Å²) < 4.78 is 0. The van der Waals surface area contributed by atoms with Crippen LogP contribution in [0.25, 0.3) is 0 Å². The second-order valence-electron chi connectivity index (χ2n) is 4.23. The Kier molecular flexibility index (Phi) is 4.26. The first-order valence-electron chi connectivity index (χ1n) is 6.28. The molecule has 2 rings (SSSR count). The van der Waals surface area contributed by atoms with E-state index in [-0.39, 0.29) is 5.78 Å². The molecule has 18 heavy (non-hydrogen) atoms. The number of carbonyl (C=O) groups excluding carboxylic acids is 1. The van der Waals surface area contributed by atoms with Crippen LogP contribution in [0.5, 0.6) is 0 Å². The highest BCUT2D eigenvalue weighted by Crippen LogP contribution is 2.18. The summed E-state index contributed by atoms with van der Waals surface area (Å²) in [6, 6.07) is 7.95. The molecule has 0 atom stereocenters. The fourth-order valence-electron chi connectivity index (χ4n) is 1.74. The van der Waals surface area contributed by atoms with Crippen LogP contribution in [0.2, 0.25) is 0 Å². The molecule has 0 fully saturated rings. The van der Waals surface area contributed by atoms with Crippen LogP contribution in [0.15, 0.2) is 30.5 Å². The number of pyridine rings is 1. The van der Waals surface area contributed by atoms with E-state index < -0.39 is 0 Å². The van der Waals surface area contributed by atoms with E-state index in [0.29, 0.717) is 6.42 Å². The number of thiophene rings is 1. The molecule has 0 amide bonds. The predicted octanol–water partition coefficient (Wildman–Crippen LogP) is 3.69. The lowest BCUT2D eigenvalue weighted by Crippen LogP contribution is -2.03. The Morgan fingerprint density at radius 3 is 2.56 bits per heavy atom. The number of carbonyl (C=O) groups is 1. The number of hydrogen-bond donors (Lipinski definition) is 0. The highest BCUT2D eigenvalue weighted by atomic mass is 32.1. The standard InChI is InChI=1S/C15H17NOS/c1-3-11-5-6-12(16-10-11)9-14(17)15-8-7-13(4-2)18-15/h5-8,10H,3-4,9H2,1-2H3. The maximum Gasteiger partial charge on any atom is 0.178 e. The van der Waals surface area contributed by atoms with Crippen molar-refractivity contribution in [2.24, 2.45) is 0 Å². The Morgan fingerprint density at radius 2 is 2.00 bits per heavy atom. The molecule has 0 unspecified atom stereocenters. The van der Waals surface area contributed by atoms with Gasteiger partial charge in [-0.25, -0.2) is 0 Å². The summed E-state index contributed by atoms with van der Waals surface area (Å²) in [6.07, 6.45) is 4.22. The second-order valence-corrected chi connectivity index (χ2v) is 5.40. The van der Waals surface area contributed by atoms with E-state index in [0.717, 1.165) is 23.4 Å². The molecular formula is C15H17NOS. The number of aryl methyl sites for hydroxylation is 2. The molecule has 0 N–H and O–H groups in total. The van der Waals surface area contributed by atoms with Crippen LogP contribution in [0.1, 0.15) is 39.7 Å². The summed E-state index contributed by atoms with van der Waals surface area (Å²) >= 11 is 1.59. The van der Waals surface area contributed by atoms with Gasteiger partial charge in [-0.15, -0.1) is 11.3 Å². The van der Waals surface area contributed by atoms with Gasteiger partial charge in [-0.2, -0.15) is 0 Å². The van der Waals surface area contributed by atoms with E-state index in [2.05, 4.69) is 18.8 Å². The third-order valence-electron chi connectivity index (χ3n) is 2.92. The monoisotopic (exact) mass is 259 g/mol. The number of rotatable bonds is 5. The van der Waals surface area contributed by atoms with Crippen LogP contribution in [0.3, 0.4) is 0 Å². The lowest BCUT2D eigenvalue weighted by molar-refractivity contribution is 0.0996. The van der Waals surface area contributed by atoms with E-state index in [9.17, 15) is 4.79 Å². The van der Waals surface area contributed by atoms with E-state index in [1.165, 1.54) is 10.4 Å². The largest absolute Gasteiger partial charge is 0.293 e. The lowest BCUT2D eigenvalue weighted by Gasteiger charge is -2.00. The zero-order valence-corrected chi connectivity index (χ0v) is 11.6. The van der Waals surface area contributed by atoms with Gasteiger partial charge in [0.25, 0.3) is 0 Å². The van der Waals surface area contributed by atoms with Gasteiger partial charge in [0.05, 0.1) is 11.3 Å². The fourth-order valence-corrected chi connectivity index (χ4v) is 2.62. The zero-order valence-electron chi connectivity index (χ0n) is 10.8. The summed E-state index contributed by atoms with van der Waals surface area (Å²) in [7, 11) is 0. The minimum atomic E-state index is 0.163. The molecule has 3 heteroatoms. The molecule has 2 heterocycles. The Labute approximate surface area is 112 Å². The lowest BCUT2D eigenvalue weighted by atomic mass is 10.1. The number of aromatic nitrogens is 1. The normalized spacial score (nSPS) is 10.6. The van der Waals surface area contributed by atoms with Crippen LogP contribution in [-0.2, 0) is 19.3 Å². The summed E-state index contributed by atoms with van der Waals surface area (Å²) in [5, 5.41) is 0. The Morgan fingerprint density at radius 1 is 1.17 bits per heavy atom. The molecule has 2 nitrogen and oxygen atoms in total. The van der Waals surface area contributed by atoms with Crippen molar-refractivity contribution in [2.45, 2.75) is 33.1 Å². The van der Waals surface area contributed by atoms with Crippen LogP contribution >= 0.6 is 11.3 Å². The Bertz CT molecular complexity index is 528. The van der Waals surface area contributed by atoms with Crippen molar-refractivity contribution < 1.29 is 4.79 Å². The second kappa shape index (κ2) is 5.91. The average Bonchev–Trinajstić information content (AvgIpc) is 2.88. The molecule has 0 saturated carbocycles. The molecule has 0 aromatic carbocycles. The predicted molar refractivity (Wildman–Crippen MR) is 75.3 cm³/mol. The van der Waals surface area contributed by atoms with Gasteiger partial charge < -0.3 is 0 Å². The summed E-state index contributed by atoms with van der Waals surface area (Å²) in [5.74, 6) is 0.163. The van der Waals surface area contributed by atoms with E-state index in [1.54, 1.807) is 11.3 Å². The van der Waals surface area contributed by atoms with Gasteiger partial charge in [0.1, 0.15) is 0 Å². The molecule has 0 spiro atoms. The SMILES string of the molecule is CCc1ccc(CC(=O)c2ccc(CC)s2)nc1. The van der Waals surface area contributed by atoms with Crippen molar-refractivity contribution in [2.75, 3.05) is 0 Å². The minimum absolute atomic E-state index is 0.163.